The SMILES string of the molecule is CCO[C@@H]1[C@@H](OC)[C@H](C)O[C@@H](O[C@H]2C[C@H]3[C@@H]4C=C5C(=O)[C@H](C)[C@@H](O[C@H]6CC[C@H](N(C)C)[C@@H](C)O6)CCC[C@H](CC)OC(=O)C[C@H]5[C@@H]4C=C(C)[C@@H]3C2)[C@@H]1OC. The summed E-state index contributed by atoms with van der Waals surface area (Å²) in [7, 11) is 7.53. The molecule has 3 saturated heterocycles. The van der Waals surface area contributed by atoms with E-state index in [-0.39, 0.29) is 96.8 Å². The molecule has 1 saturated carbocycles. The minimum Gasteiger partial charge on any atom is -0.462 e. The largest absolute Gasteiger partial charge is 0.462 e. The molecule has 6 rings (SSSR count). The summed E-state index contributed by atoms with van der Waals surface area (Å²) in [5.74, 6) is 0.00892. The third-order valence-corrected chi connectivity index (χ3v) is 13.7. The van der Waals surface area contributed by atoms with Crippen molar-refractivity contribution in [2.75, 3.05) is 34.9 Å². The molecule has 0 bridgehead atoms. The van der Waals surface area contributed by atoms with Gasteiger partial charge in [-0.05, 0) is 122 Å². The molecular formula is C43H69NO10. The van der Waals surface area contributed by atoms with Crippen molar-refractivity contribution in [2.45, 2.75) is 167 Å². The summed E-state index contributed by atoms with van der Waals surface area (Å²) in [6.07, 6.45) is 8.61. The zero-order chi connectivity index (χ0) is 38.8. The van der Waals surface area contributed by atoms with Gasteiger partial charge in [0.1, 0.15) is 24.4 Å². The van der Waals surface area contributed by atoms with Crippen molar-refractivity contribution in [3.05, 3.63) is 23.3 Å². The summed E-state index contributed by atoms with van der Waals surface area (Å²) in [5.41, 5.74) is 2.08. The van der Waals surface area contributed by atoms with Gasteiger partial charge in [0.2, 0.25) is 0 Å². The van der Waals surface area contributed by atoms with E-state index in [9.17, 15) is 9.59 Å². The molecular weight excluding hydrogens is 690 g/mol. The number of nitrogens with zero attached hydrogens (tertiary/aromatic N) is 1. The molecule has 4 fully saturated rings. The van der Waals surface area contributed by atoms with E-state index in [2.05, 4.69) is 51.9 Å². The molecule has 0 aromatic heterocycles. The van der Waals surface area contributed by atoms with Crippen molar-refractivity contribution in [1.29, 1.82) is 0 Å². The topological polar surface area (TPSA) is 111 Å². The quantitative estimate of drug-likeness (QED) is 0.186. The van der Waals surface area contributed by atoms with Crippen LogP contribution in [0.5, 0.6) is 0 Å². The van der Waals surface area contributed by atoms with Gasteiger partial charge in [0.05, 0.1) is 30.8 Å². The molecule has 0 amide bonds. The van der Waals surface area contributed by atoms with Gasteiger partial charge in [-0.15, -0.1) is 0 Å². The predicted molar refractivity (Wildman–Crippen MR) is 203 cm³/mol. The number of carbonyl (C=O) groups excluding carboxylic acids is 2. The summed E-state index contributed by atoms with van der Waals surface area (Å²) < 4.78 is 50.3. The summed E-state index contributed by atoms with van der Waals surface area (Å²) in [6.45, 7) is 12.9. The molecule has 11 heteroatoms. The fourth-order valence-electron chi connectivity index (χ4n) is 10.9. The molecule has 3 aliphatic heterocycles. The van der Waals surface area contributed by atoms with Crippen LogP contribution in [0.1, 0.15) is 99.3 Å². The van der Waals surface area contributed by atoms with Gasteiger partial charge >= 0.3 is 5.97 Å². The summed E-state index contributed by atoms with van der Waals surface area (Å²) in [5, 5.41) is 0. The fraction of sp³-hybridized carbons (Fsp3) is 0.860. The third-order valence-electron chi connectivity index (χ3n) is 13.7. The molecule has 6 aliphatic rings. The predicted octanol–water partition coefficient (Wildman–Crippen LogP) is 6.27. The number of rotatable bonds is 10. The highest BCUT2D eigenvalue weighted by molar-refractivity contribution is 5.99. The number of fused-ring (bicyclic) bond motifs is 5. The molecule has 0 aromatic rings. The number of esters is 1. The second-order valence-corrected chi connectivity index (χ2v) is 17.2. The van der Waals surface area contributed by atoms with Crippen LogP contribution in [0.25, 0.3) is 0 Å². The number of likely N-dealkylation sites (N-methyl/N-ethyl adjacent to an activating group) is 1. The van der Waals surface area contributed by atoms with E-state index in [1.807, 2.05) is 20.8 Å². The van der Waals surface area contributed by atoms with Crippen LogP contribution in [0, 0.1) is 35.5 Å². The van der Waals surface area contributed by atoms with E-state index in [0.29, 0.717) is 25.0 Å². The van der Waals surface area contributed by atoms with Crippen LogP contribution in [0.15, 0.2) is 23.3 Å². The molecule has 0 unspecified atom stereocenters. The lowest BCUT2D eigenvalue weighted by Crippen LogP contribution is -2.60. The Labute approximate surface area is 324 Å². The Kier molecular flexibility index (Phi) is 14.2. The van der Waals surface area contributed by atoms with Gasteiger partial charge in [0, 0.05) is 38.7 Å². The molecule has 3 heterocycles. The highest BCUT2D eigenvalue weighted by atomic mass is 16.7. The first-order valence-electron chi connectivity index (χ1n) is 21.0. The van der Waals surface area contributed by atoms with Crippen LogP contribution in [-0.4, -0.2) is 119 Å². The summed E-state index contributed by atoms with van der Waals surface area (Å²) in [4.78, 5) is 30.6. The number of cyclic esters (lactones) is 1. The standard InChI is InChI=1S/C43H69NO10/c1-11-27-14-13-15-36(54-38-17-16-35(44(7)8)25(5)50-38)24(4)39(46)34-21-32-30(33(34)22-37(45)52-27)18-23(3)29-19-28(20-31(29)32)53-43-42(48-10)41(49-12-2)40(47-9)26(6)51-43/h18,21,24-33,35-36,38,40-43H,11-17,19-20,22H2,1-10H3/t24-,25-,26+,27+,28-,29+,30-,31-,32-,33+,35+,36+,38+,40+,41-,42-,43+/m1/s1. The number of allylic oxidation sites excluding steroid dienone is 4. The molecule has 0 radical (unpaired) electrons. The average Bonchev–Trinajstić information content (AvgIpc) is 3.71. The Morgan fingerprint density at radius 1 is 0.833 bits per heavy atom. The van der Waals surface area contributed by atoms with Crippen LogP contribution in [0.3, 0.4) is 0 Å². The average molecular weight is 760 g/mol. The van der Waals surface area contributed by atoms with Gasteiger partial charge in [0.25, 0.3) is 0 Å². The second-order valence-electron chi connectivity index (χ2n) is 17.2. The van der Waals surface area contributed by atoms with Gasteiger partial charge in [-0.2, -0.15) is 0 Å². The lowest BCUT2D eigenvalue weighted by Gasteiger charge is -2.44. The maximum Gasteiger partial charge on any atom is 0.306 e. The first-order chi connectivity index (χ1) is 25.9. The zero-order valence-electron chi connectivity index (χ0n) is 34.6. The Balaban J connectivity index is 1.23. The number of ketones is 1. The van der Waals surface area contributed by atoms with Gasteiger partial charge in [-0.1, -0.05) is 31.6 Å². The summed E-state index contributed by atoms with van der Waals surface area (Å²) >= 11 is 0. The highest BCUT2D eigenvalue weighted by Crippen LogP contribution is 2.56. The van der Waals surface area contributed by atoms with Crippen molar-refractivity contribution in [3.63, 3.8) is 0 Å². The van der Waals surface area contributed by atoms with E-state index in [4.69, 9.17) is 37.9 Å². The first kappa shape index (κ1) is 41.9. The van der Waals surface area contributed by atoms with Crippen molar-refractivity contribution in [3.8, 4) is 0 Å². The molecule has 54 heavy (non-hydrogen) atoms. The van der Waals surface area contributed by atoms with Crippen LogP contribution in [0.2, 0.25) is 0 Å². The molecule has 306 valence electrons. The van der Waals surface area contributed by atoms with Gasteiger partial charge in [-0.25, -0.2) is 0 Å². The summed E-state index contributed by atoms with van der Waals surface area (Å²) in [6, 6.07) is 0.337. The molecule has 0 spiro atoms. The number of hydrogen-bond donors (Lipinski definition) is 0. The monoisotopic (exact) mass is 759 g/mol. The van der Waals surface area contributed by atoms with Crippen LogP contribution in [0.4, 0.5) is 0 Å². The minimum absolute atomic E-state index is 0.0361. The van der Waals surface area contributed by atoms with E-state index in [1.165, 1.54) is 5.57 Å². The molecule has 11 nitrogen and oxygen atoms in total. The Morgan fingerprint density at radius 3 is 2.26 bits per heavy atom. The lowest BCUT2D eigenvalue weighted by molar-refractivity contribution is -0.317. The second kappa shape index (κ2) is 18.3. The third kappa shape index (κ3) is 8.74. The maximum atomic E-state index is 14.8. The first-order valence-corrected chi connectivity index (χ1v) is 21.0. The van der Waals surface area contributed by atoms with Crippen molar-refractivity contribution in [1.82, 2.24) is 4.90 Å². The van der Waals surface area contributed by atoms with E-state index in [0.717, 1.165) is 50.5 Å². The smallest absolute Gasteiger partial charge is 0.306 e. The van der Waals surface area contributed by atoms with Crippen molar-refractivity contribution in [2.24, 2.45) is 35.5 Å². The van der Waals surface area contributed by atoms with E-state index < -0.39 is 12.4 Å². The maximum absolute atomic E-state index is 14.8. The van der Waals surface area contributed by atoms with E-state index >= 15 is 0 Å². The normalized spacial score (nSPS) is 44.7. The molecule has 3 aliphatic carbocycles. The van der Waals surface area contributed by atoms with Crippen LogP contribution < -0.4 is 0 Å². The van der Waals surface area contributed by atoms with Gasteiger partial charge in [0.15, 0.2) is 18.4 Å². The van der Waals surface area contributed by atoms with Crippen LogP contribution >= 0.6 is 0 Å². The Hall–Kier alpha value is -1.70. The van der Waals surface area contributed by atoms with E-state index in [1.54, 1.807) is 14.2 Å². The number of ether oxygens (including phenoxy) is 8. The fourth-order valence-corrected chi connectivity index (χ4v) is 10.9. The lowest BCUT2D eigenvalue weighted by atomic mass is 9.67. The minimum atomic E-state index is -0.597. The molecule has 0 aromatic carbocycles. The molecule has 0 N–H and O–H groups in total. The number of hydrogen-bond acceptors (Lipinski definition) is 11. The van der Waals surface area contributed by atoms with Crippen LogP contribution in [-0.2, 0) is 47.5 Å². The number of carbonyl (C=O) groups is 2. The Morgan fingerprint density at radius 2 is 1.59 bits per heavy atom. The highest BCUT2D eigenvalue weighted by Gasteiger charge is 2.54. The van der Waals surface area contributed by atoms with Crippen molar-refractivity contribution >= 4 is 11.8 Å². The molecule has 17 atom stereocenters. The van der Waals surface area contributed by atoms with Crippen molar-refractivity contribution < 1.29 is 47.5 Å². The number of methoxy groups -OCH3 is 2. The Bertz CT molecular complexity index is 1350. The zero-order valence-corrected chi connectivity index (χ0v) is 34.6. The van der Waals surface area contributed by atoms with Gasteiger partial charge in [-0.3, -0.25) is 9.59 Å². The van der Waals surface area contributed by atoms with Gasteiger partial charge < -0.3 is 42.8 Å². The number of Topliss-reactive ketones (excluding diaryl/α,β-unsaturated/α-hetero) is 1.